The predicted molar refractivity (Wildman–Crippen MR) is 260 cm³/mol. The molecule has 0 saturated heterocycles. The molecular formula is C55H86O6. The van der Waals surface area contributed by atoms with Gasteiger partial charge in [-0.25, -0.2) is 0 Å². The Morgan fingerprint density at radius 3 is 1.11 bits per heavy atom. The van der Waals surface area contributed by atoms with Gasteiger partial charge in [0, 0.05) is 19.3 Å². The second-order valence-electron chi connectivity index (χ2n) is 15.2. The third kappa shape index (κ3) is 46.7. The molecule has 0 bridgehead atoms. The molecule has 342 valence electrons. The predicted octanol–water partition coefficient (Wildman–Crippen LogP) is 15.7. The third-order valence-electron chi connectivity index (χ3n) is 9.43. The highest BCUT2D eigenvalue weighted by molar-refractivity contribution is 5.71. The largest absolute Gasteiger partial charge is 0.462 e. The number of hydrogen-bond acceptors (Lipinski definition) is 6. The summed E-state index contributed by atoms with van der Waals surface area (Å²) in [5.74, 6) is -1.04. The van der Waals surface area contributed by atoms with Crippen LogP contribution in [0.15, 0.2) is 122 Å². The molecule has 0 saturated carbocycles. The molecule has 0 aliphatic carbocycles. The molecule has 0 spiro atoms. The van der Waals surface area contributed by atoms with Gasteiger partial charge < -0.3 is 14.2 Å². The topological polar surface area (TPSA) is 78.9 Å². The summed E-state index contributed by atoms with van der Waals surface area (Å²) in [6.07, 6.45) is 66.2. The zero-order chi connectivity index (χ0) is 44.4. The smallest absolute Gasteiger partial charge is 0.306 e. The number of allylic oxidation sites excluding steroid dienone is 20. The van der Waals surface area contributed by atoms with Crippen molar-refractivity contribution in [3.8, 4) is 0 Å². The van der Waals surface area contributed by atoms with Gasteiger partial charge in [0.05, 0.1) is 0 Å². The summed E-state index contributed by atoms with van der Waals surface area (Å²) in [7, 11) is 0. The summed E-state index contributed by atoms with van der Waals surface area (Å²) in [6, 6.07) is 0. The summed E-state index contributed by atoms with van der Waals surface area (Å²) in [4.78, 5) is 37.8. The Labute approximate surface area is 373 Å². The first-order valence-electron chi connectivity index (χ1n) is 24.0. The first kappa shape index (κ1) is 56.8. The van der Waals surface area contributed by atoms with Crippen molar-refractivity contribution in [3.63, 3.8) is 0 Å². The Bertz CT molecular complexity index is 1340. The molecule has 0 aromatic heterocycles. The van der Waals surface area contributed by atoms with Gasteiger partial charge in [-0.3, -0.25) is 14.4 Å². The SMILES string of the molecule is CC/C=C\C/C=C\C/C=C\C/C=C\C/C=C\CCCC(=O)OC[C@H](COC(=O)CCCC/C=C\C/C=C\C/C=C\C/C=C\CC)OC(=O)CCCCCCC/C=C\CCCC. The number of carbonyl (C=O) groups is 3. The summed E-state index contributed by atoms with van der Waals surface area (Å²) >= 11 is 0. The molecule has 0 radical (unpaired) electrons. The van der Waals surface area contributed by atoms with Crippen LogP contribution in [-0.4, -0.2) is 37.2 Å². The van der Waals surface area contributed by atoms with Crippen LogP contribution in [-0.2, 0) is 28.6 Å². The number of unbranched alkanes of at least 4 members (excludes halogenated alkanes) is 10. The Hall–Kier alpha value is -4.19. The molecule has 6 nitrogen and oxygen atoms in total. The quantitative estimate of drug-likeness (QED) is 0.0264. The number of rotatable bonds is 41. The van der Waals surface area contributed by atoms with E-state index in [-0.39, 0.29) is 44.0 Å². The normalized spacial score (nSPS) is 13.2. The van der Waals surface area contributed by atoms with Crippen LogP contribution >= 0.6 is 0 Å². The van der Waals surface area contributed by atoms with E-state index in [1.807, 2.05) is 0 Å². The van der Waals surface area contributed by atoms with E-state index in [4.69, 9.17) is 14.2 Å². The molecule has 0 aromatic rings. The highest BCUT2D eigenvalue weighted by Gasteiger charge is 2.19. The Kier molecular flexibility index (Phi) is 45.1. The first-order valence-corrected chi connectivity index (χ1v) is 24.0. The lowest BCUT2D eigenvalue weighted by Gasteiger charge is -2.18. The second kappa shape index (κ2) is 48.5. The van der Waals surface area contributed by atoms with Crippen LogP contribution in [0.25, 0.3) is 0 Å². The van der Waals surface area contributed by atoms with E-state index in [9.17, 15) is 14.4 Å². The van der Waals surface area contributed by atoms with Gasteiger partial charge in [-0.2, -0.15) is 0 Å². The number of carbonyl (C=O) groups excluding carboxylic acids is 3. The lowest BCUT2D eigenvalue weighted by molar-refractivity contribution is -0.167. The molecule has 0 unspecified atom stereocenters. The van der Waals surface area contributed by atoms with Crippen LogP contribution in [0.3, 0.4) is 0 Å². The fraction of sp³-hybridized carbons (Fsp3) is 0.582. The molecule has 0 heterocycles. The molecule has 0 amide bonds. The van der Waals surface area contributed by atoms with Crippen LogP contribution in [0.1, 0.15) is 188 Å². The second-order valence-corrected chi connectivity index (χ2v) is 15.2. The standard InChI is InChI=1S/C55H86O6/c1-4-7-10-13-16-19-22-24-26-27-29-31-34-36-39-42-45-48-54(57)60-51-52(61-55(58)49-46-43-40-37-32-21-18-15-12-9-6-3)50-59-53(56)47-44-41-38-35-33-30-28-25-23-20-17-14-11-8-5-2/h7-8,10-11,15-20,24-26,28-29,31,33,35-36,39,52H,4-6,9,12-14,21-23,27,30,32,34,37-38,40-51H2,1-3H3/b10-7-,11-8-,18-15-,19-16-,20-17-,26-24-,28-25-,31-29-,35-33-,39-36-/t52-/m0/s1. The van der Waals surface area contributed by atoms with Crippen molar-refractivity contribution in [1.29, 1.82) is 0 Å². The van der Waals surface area contributed by atoms with Gasteiger partial charge >= 0.3 is 17.9 Å². The van der Waals surface area contributed by atoms with Crippen LogP contribution in [0.4, 0.5) is 0 Å². The molecule has 0 aromatic carbocycles. The van der Waals surface area contributed by atoms with E-state index >= 15 is 0 Å². The van der Waals surface area contributed by atoms with E-state index in [0.717, 1.165) is 116 Å². The molecule has 0 N–H and O–H groups in total. The monoisotopic (exact) mass is 843 g/mol. The molecular weight excluding hydrogens is 757 g/mol. The van der Waals surface area contributed by atoms with Crippen molar-refractivity contribution >= 4 is 17.9 Å². The van der Waals surface area contributed by atoms with Crippen LogP contribution < -0.4 is 0 Å². The molecule has 0 aliphatic rings. The van der Waals surface area contributed by atoms with E-state index in [2.05, 4.69) is 142 Å². The van der Waals surface area contributed by atoms with E-state index in [1.165, 1.54) is 19.3 Å². The average molecular weight is 843 g/mol. The molecule has 0 aliphatic heterocycles. The number of hydrogen-bond donors (Lipinski definition) is 0. The van der Waals surface area contributed by atoms with Crippen LogP contribution in [0.5, 0.6) is 0 Å². The van der Waals surface area contributed by atoms with Gasteiger partial charge in [0.15, 0.2) is 6.10 Å². The maximum absolute atomic E-state index is 12.7. The molecule has 1 atom stereocenters. The molecule has 6 heteroatoms. The van der Waals surface area contributed by atoms with Gasteiger partial charge in [-0.05, 0) is 116 Å². The zero-order valence-electron chi connectivity index (χ0n) is 38.9. The van der Waals surface area contributed by atoms with Crippen molar-refractivity contribution < 1.29 is 28.6 Å². The zero-order valence-corrected chi connectivity index (χ0v) is 38.9. The average Bonchev–Trinajstić information content (AvgIpc) is 3.26. The van der Waals surface area contributed by atoms with Gasteiger partial charge in [-0.15, -0.1) is 0 Å². The van der Waals surface area contributed by atoms with Gasteiger partial charge in [0.2, 0.25) is 0 Å². The highest BCUT2D eigenvalue weighted by atomic mass is 16.6. The van der Waals surface area contributed by atoms with Gasteiger partial charge in [0.25, 0.3) is 0 Å². The number of esters is 3. The van der Waals surface area contributed by atoms with E-state index < -0.39 is 6.10 Å². The lowest BCUT2D eigenvalue weighted by atomic mass is 10.1. The van der Waals surface area contributed by atoms with Crippen molar-refractivity contribution in [3.05, 3.63) is 122 Å². The highest BCUT2D eigenvalue weighted by Crippen LogP contribution is 2.11. The summed E-state index contributed by atoms with van der Waals surface area (Å²) in [5.41, 5.74) is 0. The van der Waals surface area contributed by atoms with Crippen LogP contribution in [0.2, 0.25) is 0 Å². The number of ether oxygens (including phenoxy) is 3. The van der Waals surface area contributed by atoms with Gasteiger partial charge in [0.1, 0.15) is 13.2 Å². The van der Waals surface area contributed by atoms with Crippen molar-refractivity contribution in [2.75, 3.05) is 13.2 Å². The maximum atomic E-state index is 12.7. The minimum Gasteiger partial charge on any atom is -0.462 e. The fourth-order valence-electron chi connectivity index (χ4n) is 5.86. The summed E-state index contributed by atoms with van der Waals surface area (Å²) in [5, 5.41) is 0. The Morgan fingerprint density at radius 1 is 0.344 bits per heavy atom. The summed E-state index contributed by atoms with van der Waals surface area (Å²) < 4.78 is 16.6. The molecule has 0 fully saturated rings. The molecule has 61 heavy (non-hydrogen) atoms. The summed E-state index contributed by atoms with van der Waals surface area (Å²) in [6.45, 7) is 6.24. The van der Waals surface area contributed by atoms with E-state index in [0.29, 0.717) is 19.3 Å². The molecule has 0 rings (SSSR count). The Morgan fingerprint density at radius 2 is 0.656 bits per heavy atom. The lowest BCUT2D eigenvalue weighted by Crippen LogP contribution is -2.30. The van der Waals surface area contributed by atoms with Crippen LogP contribution in [0, 0.1) is 0 Å². The first-order chi connectivity index (χ1) is 30.0. The van der Waals surface area contributed by atoms with Gasteiger partial charge in [-0.1, -0.05) is 174 Å². The minimum atomic E-state index is -0.824. The van der Waals surface area contributed by atoms with E-state index in [1.54, 1.807) is 0 Å². The van der Waals surface area contributed by atoms with Crippen molar-refractivity contribution in [1.82, 2.24) is 0 Å². The third-order valence-corrected chi connectivity index (χ3v) is 9.43. The fourth-order valence-corrected chi connectivity index (χ4v) is 5.86. The maximum Gasteiger partial charge on any atom is 0.306 e. The van der Waals surface area contributed by atoms with Crippen molar-refractivity contribution in [2.24, 2.45) is 0 Å². The van der Waals surface area contributed by atoms with Crippen molar-refractivity contribution in [2.45, 2.75) is 194 Å². The Balaban J connectivity index is 4.56. The minimum absolute atomic E-state index is 0.124.